The van der Waals surface area contributed by atoms with E-state index in [1.165, 1.54) is 0 Å². The molecule has 0 saturated carbocycles. The molecule has 1 heteroatoms. The number of hydrogen-bond acceptors (Lipinski definition) is 0. The van der Waals surface area contributed by atoms with Crippen LogP contribution in [0.25, 0.3) is 5.70 Å². The van der Waals surface area contributed by atoms with Gasteiger partial charge in [0, 0.05) is 18.6 Å². The maximum Gasteiger partial charge on any atom is 0.179 e. The second-order valence-corrected chi connectivity index (χ2v) is 2.20. The molecule has 0 N–H and O–H groups in total. The first kappa shape index (κ1) is 7.00. The second kappa shape index (κ2) is 3.16. The van der Waals surface area contributed by atoms with Crippen molar-refractivity contribution in [1.82, 2.24) is 0 Å². The first-order valence-electron chi connectivity index (χ1n) is 3.49. The van der Waals surface area contributed by atoms with E-state index < -0.39 is 0 Å². The van der Waals surface area contributed by atoms with Gasteiger partial charge in [0.2, 0.25) is 0 Å². The largest absolute Gasteiger partial charge is 0.179 e. The molecule has 1 heterocycles. The molecule has 0 aliphatic carbocycles. The molecule has 0 amide bonds. The minimum absolute atomic E-state index is 0.995. The van der Waals surface area contributed by atoms with Gasteiger partial charge in [0.1, 0.15) is 0 Å². The lowest BCUT2D eigenvalue weighted by Gasteiger charge is -1.92. The standard InChI is InChI=1S/C9H12N/c1-3-9(2)10-7-5-4-6-8-10/h4-8H,2-3H2,1H3/q+1. The lowest BCUT2D eigenvalue weighted by molar-refractivity contribution is -0.582. The summed E-state index contributed by atoms with van der Waals surface area (Å²) in [5, 5.41) is 0. The molecule has 0 radical (unpaired) electrons. The Kier molecular flexibility index (Phi) is 2.21. The highest BCUT2D eigenvalue weighted by atomic mass is 14.9. The molecule has 0 saturated heterocycles. The van der Waals surface area contributed by atoms with Crippen LogP contribution in [-0.2, 0) is 0 Å². The van der Waals surface area contributed by atoms with Crippen molar-refractivity contribution in [2.24, 2.45) is 0 Å². The number of nitrogens with zero attached hydrogens (tertiary/aromatic N) is 1. The zero-order chi connectivity index (χ0) is 7.40. The maximum absolute atomic E-state index is 3.91. The highest BCUT2D eigenvalue weighted by Crippen LogP contribution is 1.93. The van der Waals surface area contributed by atoms with E-state index in [1.54, 1.807) is 0 Å². The second-order valence-electron chi connectivity index (χ2n) is 2.20. The van der Waals surface area contributed by atoms with Crippen LogP contribution in [0.1, 0.15) is 13.3 Å². The Morgan fingerprint density at radius 1 is 1.30 bits per heavy atom. The van der Waals surface area contributed by atoms with Crippen LogP contribution in [0.4, 0.5) is 0 Å². The molecule has 10 heavy (non-hydrogen) atoms. The van der Waals surface area contributed by atoms with E-state index in [4.69, 9.17) is 0 Å². The SMILES string of the molecule is C=C(CC)[n+]1ccccc1. The normalized spacial score (nSPS) is 9.30. The van der Waals surface area contributed by atoms with Gasteiger partial charge in [-0.15, -0.1) is 0 Å². The fourth-order valence-corrected chi connectivity index (χ4v) is 0.792. The Bertz CT molecular complexity index is 213. The van der Waals surface area contributed by atoms with Gasteiger partial charge in [-0.25, -0.2) is 0 Å². The summed E-state index contributed by atoms with van der Waals surface area (Å²) >= 11 is 0. The predicted octanol–water partition coefficient (Wildman–Crippen LogP) is 1.85. The smallest absolute Gasteiger partial charge is 0.172 e. The fourth-order valence-electron chi connectivity index (χ4n) is 0.792. The first-order valence-corrected chi connectivity index (χ1v) is 3.49. The molecule has 0 aliphatic heterocycles. The average Bonchev–Trinajstić information content (AvgIpc) is 2.05. The molecular formula is C9H12N+. The summed E-state index contributed by atoms with van der Waals surface area (Å²) < 4.78 is 2.03. The number of hydrogen-bond donors (Lipinski definition) is 0. The maximum atomic E-state index is 3.91. The van der Waals surface area contributed by atoms with Crippen LogP contribution in [0.5, 0.6) is 0 Å². The van der Waals surface area contributed by atoms with Gasteiger partial charge in [0.05, 0.1) is 0 Å². The topological polar surface area (TPSA) is 3.88 Å². The molecule has 0 unspecified atom stereocenters. The molecule has 1 rings (SSSR count). The third-order valence-corrected chi connectivity index (χ3v) is 1.49. The van der Waals surface area contributed by atoms with Crippen LogP contribution < -0.4 is 4.57 Å². The van der Waals surface area contributed by atoms with Crippen LogP contribution in [-0.4, -0.2) is 0 Å². The van der Waals surface area contributed by atoms with Crippen LogP contribution in [0.15, 0.2) is 37.2 Å². The minimum atomic E-state index is 0.995. The zero-order valence-electron chi connectivity index (χ0n) is 6.25. The van der Waals surface area contributed by atoms with E-state index in [0.29, 0.717) is 0 Å². The highest BCUT2D eigenvalue weighted by molar-refractivity contribution is 5.25. The predicted molar refractivity (Wildman–Crippen MR) is 42.3 cm³/mol. The van der Waals surface area contributed by atoms with E-state index in [9.17, 15) is 0 Å². The van der Waals surface area contributed by atoms with E-state index in [1.807, 2.05) is 35.2 Å². The van der Waals surface area contributed by atoms with Gasteiger partial charge < -0.3 is 0 Å². The Morgan fingerprint density at radius 2 is 1.90 bits per heavy atom. The number of pyridine rings is 1. The summed E-state index contributed by atoms with van der Waals surface area (Å²) in [6, 6.07) is 6.00. The van der Waals surface area contributed by atoms with E-state index >= 15 is 0 Å². The van der Waals surface area contributed by atoms with Gasteiger partial charge in [-0.1, -0.05) is 13.0 Å². The number of allylic oxidation sites excluding steroid dienone is 1. The first-order chi connectivity index (χ1) is 4.84. The van der Waals surface area contributed by atoms with E-state index in [0.717, 1.165) is 12.1 Å². The van der Waals surface area contributed by atoms with Crippen molar-refractivity contribution in [2.45, 2.75) is 13.3 Å². The lowest BCUT2D eigenvalue weighted by atomic mass is 10.3. The summed E-state index contributed by atoms with van der Waals surface area (Å²) in [6.45, 7) is 6.01. The molecule has 0 aromatic carbocycles. The van der Waals surface area contributed by atoms with Crippen LogP contribution in [0.2, 0.25) is 0 Å². The van der Waals surface area contributed by atoms with Crippen molar-refractivity contribution >= 4 is 5.70 Å². The Hall–Kier alpha value is -1.11. The number of rotatable bonds is 2. The zero-order valence-corrected chi connectivity index (χ0v) is 6.25. The van der Waals surface area contributed by atoms with Crippen molar-refractivity contribution in [2.75, 3.05) is 0 Å². The molecule has 0 aliphatic rings. The summed E-state index contributed by atoms with van der Waals surface area (Å²) in [6.07, 6.45) is 5.01. The molecular weight excluding hydrogens is 122 g/mol. The number of aromatic nitrogens is 1. The Labute approximate surface area is 61.6 Å². The quantitative estimate of drug-likeness (QED) is 0.543. The molecule has 0 bridgehead atoms. The summed E-state index contributed by atoms with van der Waals surface area (Å²) in [4.78, 5) is 0. The van der Waals surface area contributed by atoms with Gasteiger partial charge in [-0.3, -0.25) is 0 Å². The van der Waals surface area contributed by atoms with Crippen LogP contribution >= 0.6 is 0 Å². The third-order valence-electron chi connectivity index (χ3n) is 1.49. The molecule has 0 atom stereocenters. The molecule has 1 aromatic heterocycles. The third kappa shape index (κ3) is 1.44. The van der Waals surface area contributed by atoms with Gasteiger partial charge in [-0.05, 0) is 6.58 Å². The molecule has 52 valence electrons. The van der Waals surface area contributed by atoms with Crippen molar-refractivity contribution in [3.05, 3.63) is 37.2 Å². The molecule has 1 nitrogen and oxygen atoms in total. The van der Waals surface area contributed by atoms with E-state index in [2.05, 4.69) is 13.5 Å². The van der Waals surface area contributed by atoms with Crippen molar-refractivity contribution in [3.8, 4) is 0 Å². The monoisotopic (exact) mass is 134 g/mol. The van der Waals surface area contributed by atoms with Gasteiger partial charge in [0.15, 0.2) is 18.1 Å². The van der Waals surface area contributed by atoms with Crippen LogP contribution in [0.3, 0.4) is 0 Å². The Balaban J connectivity index is 2.85. The van der Waals surface area contributed by atoms with Crippen molar-refractivity contribution < 1.29 is 4.57 Å². The highest BCUT2D eigenvalue weighted by Gasteiger charge is 1.99. The molecule has 1 aromatic rings. The van der Waals surface area contributed by atoms with E-state index in [-0.39, 0.29) is 0 Å². The van der Waals surface area contributed by atoms with Gasteiger partial charge >= 0.3 is 0 Å². The average molecular weight is 134 g/mol. The van der Waals surface area contributed by atoms with Gasteiger partial charge in [0.25, 0.3) is 0 Å². The van der Waals surface area contributed by atoms with Crippen molar-refractivity contribution in [3.63, 3.8) is 0 Å². The Morgan fingerprint density at radius 3 is 2.40 bits per heavy atom. The lowest BCUT2D eigenvalue weighted by Crippen LogP contribution is -2.29. The summed E-state index contributed by atoms with van der Waals surface area (Å²) in [5.74, 6) is 0. The van der Waals surface area contributed by atoms with Gasteiger partial charge in [-0.2, -0.15) is 4.57 Å². The van der Waals surface area contributed by atoms with Crippen molar-refractivity contribution in [1.29, 1.82) is 0 Å². The summed E-state index contributed by atoms with van der Waals surface area (Å²) in [5.41, 5.74) is 1.13. The molecule has 0 fully saturated rings. The summed E-state index contributed by atoms with van der Waals surface area (Å²) in [7, 11) is 0. The molecule has 0 spiro atoms. The van der Waals surface area contributed by atoms with Crippen LogP contribution in [0, 0.1) is 0 Å². The minimum Gasteiger partial charge on any atom is -0.172 e. The fraction of sp³-hybridized carbons (Fsp3) is 0.222.